The Bertz CT molecular complexity index is 421. The van der Waals surface area contributed by atoms with Crippen molar-refractivity contribution >= 4 is 0 Å². The molecule has 100 valence electrons. The molecule has 0 bridgehead atoms. The van der Waals surface area contributed by atoms with Crippen LogP contribution in [0.3, 0.4) is 0 Å². The van der Waals surface area contributed by atoms with Gasteiger partial charge in [0.2, 0.25) is 5.92 Å². The normalized spacial score (nSPS) is 21.8. The van der Waals surface area contributed by atoms with Crippen molar-refractivity contribution in [3.05, 3.63) is 35.1 Å². The molecule has 1 N–H and O–H groups in total. The molecule has 1 aliphatic carbocycles. The van der Waals surface area contributed by atoms with Crippen LogP contribution in [0.25, 0.3) is 0 Å². The van der Waals surface area contributed by atoms with E-state index in [1.165, 1.54) is 6.07 Å². The van der Waals surface area contributed by atoms with E-state index in [0.29, 0.717) is 11.1 Å². The average Bonchev–Trinajstić information content (AvgIpc) is 2.32. The molecular formula is C14H17F3O. The van der Waals surface area contributed by atoms with Gasteiger partial charge in [-0.25, -0.2) is 13.2 Å². The van der Waals surface area contributed by atoms with Crippen molar-refractivity contribution in [2.45, 2.75) is 44.6 Å². The fourth-order valence-electron chi connectivity index (χ4n) is 2.44. The molecule has 0 aliphatic heterocycles. The number of hydrogen-bond acceptors (Lipinski definition) is 1. The van der Waals surface area contributed by atoms with E-state index in [2.05, 4.69) is 0 Å². The number of aryl methyl sites for hydroxylation is 1. The molecule has 1 fully saturated rings. The van der Waals surface area contributed by atoms with Crippen molar-refractivity contribution in [3.8, 4) is 0 Å². The van der Waals surface area contributed by atoms with Gasteiger partial charge < -0.3 is 5.11 Å². The van der Waals surface area contributed by atoms with Crippen LogP contribution < -0.4 is 0 Å². The lowest BCUT2D eigenvalue weighted by molar-refractivity contribution is -0.0627. The van der Waals surface area contributed by atoms with Crippen LogP contribution in [0.1, 0.15) is 42.9 Å². The molecule has 2 rings (SSSR count). The number of alkyl halides is 2. The van der Waals surface area contributed by atoms with E-state index in [-0.39, 0.29) is 37.4 Å². The van der Waals surface area contributed by atoms with E-state index in [1.54, 1.807) is 19.1 Å². The van der Waals surface area contributed by atoms with Crippen molar-refractivity contribution in [2.24, 2.45) is 5.92 Å². The molecule has 1 nitrogen and oxygen atoms in total. The largest absolute Gasteiger partial charge is 0.388 e. The second-order valence-corrected chi connectivity index (χ2v) is 5.15. The smallest absolute Gasteiger partial charge is 0.248 e. The summed E-state index contributed by atoms with van der Waals surface area (Å²) in [6.07, 6.45) is -0.671. The van der Waals surface area contributed by atoms with Gasteiger partial charge in [0.1, 0.15) is 5.82 Å². The van der Waals surface area contributed by atoms with Gasteiger partial charge in [0.05, 0.1) is 6.10 Å². The van der Waals surface area contributed by atoms with Gasteiger partial charge >= 0.3 is 0 Å². The predicted molar refractivity (Wildman–Crippen MR) is 63.0 cm³/mol. The van der Waals surface area contributed by atoms with Crippen molar-refractivity contribution in [1.29, 1.82) is 0 Å². The van der Waals surface area contributed by atoms with Gasteiger partial charge in [-0.2, -0.15) is 0 Å². The minimum atomic E-state index is -2.60. The van der Waals surface area contributed by atoms with Gasteiger partial charge in [-0.3, -0.25) is 0 Å². The molecule has 0 spiro atoms. The third kappa shape index (κ3) is 2.86. The van der Waals surface area contributed by atoms with Gasteiger partial charge in [0, 0.05) is 12.8 Å². The Kier molecular flexibility index (Phi) is 3.66. The Morgan fingerprint density at radius 3 is 2.44 bits per heavy atom. The van der Waals surface area contributed by atoms with Crippen molar-refractivity contribution in [1.82, 2.24) is 0 Å². The highest BCUT2D eigenvalue weighted by atomic mass is 19.3. The quantitative estimate of drug-likeness (QED) is 0.850. The lowest BCUT2D eigenvalue weighted by Crippen LogP contribution is -2.27. The summed E-state index contributed by atoms with van der Waals surface area (Å²) in [5.41, 5.74) is 0.995. The summed E-state index contributed by atoms with van der Waals surface area (Å²) in [5, 5.41) is 10.1. The Balaban J connectivity index is 2.07. The lowest BCUT2D eigenvalue weighted by Gasteiger charge is -2.31. The number of aliphatic hydroxyl groups excluding tert-OH is 1. The molecule has 1 aromatic carbocycles. The fraction of sp³-hybridized carbons (Fsp3) is 0.571. The number of hydrogen-bond donors (Lipinski definition) is 1. The van der Waals surface area contributed by atoms with E-state index < -0.39 is 12.0 Å². The van der Waals surface area contributed by atoms with E-state index in [9.17, 15) is 18.3 Å². The summed E-state index contributed by atoms with van der Waals surface area (Å²) in [4.78, 5) is 0. The second-order valence-electron chi connectivity index (χ2n) is 5.15. The number of halogens is 3. The van der Waals surface area contributed by atoms with Gasteiger partial charge in [-0.1, -0.05) is 12.1 Å². The number of benzene rings is 1. The maximum atomic E-state index is 13.4. The third-order valence-electron chi connectivity index (χ3n) is 3.75. The molecule has 4 heteroatoms. The van der Waals surface area contributed by atoms with Crippen LogP contribution in [0, 0.1) is 18.7 Å². The highest BCUT2D eigenvalue weighted by Gasteiger charge is 2.37. The van der Waals surface area contributed by atoms with Gasteiger partial charge in [-0.05, 0) is 42.9 Å². The summed E-state index contributed by atoms with van der Waals surface area (Å²) in [7, 11) is 0. The molecular weight excluding hydrogens is 241 g/mol. The number of aliphatic hydroxyl groups is 1. The van der Waals surface area contributed by atoms with Gasteiger partial charge in [0.25, 0.3) is 0 Å². The summed E-state index contributed by atoms with van der Waals surface area (Å²) in [6.45, 7) is 1.65. The molecule has 0 heterocycles. The number of rotatable bonds is 2. The topological polar surface area (TPSA) is 20.2 Å². The van der Waals surface area contributed by atoms with E-state index in [1.807, 2.05) is 0 Å². The van der Waals surface area contributed by atoms with Crippen LogP contribution in [0.2, 0.25) is 0 Å². The zero-order valence-electron chi connectivity index (χ0n) is 10.3. The molecule has 1 saturated carbocycles. The molecule has 1 unspecified atom stereocenters. The highest BCUT2D eigenvalue weighted by Crippen LogP contribution is 2.41. The van der Waals surface area contributed by atoms with Crippen LogP contribution in [0.4, 0.5) is 13.2 Å². The van der Waals surface area contributed by atoms with Crippen molar-refractivity contribution in [3.63, 3.8) is 0 Å². The Morgan fingerprint density at radius 2 is 1.89 bits per heavy atom. The first-order chi connectivity index (χ1) is 8.39. The first kappa shape index (κ1) is 13.4. The minimum Gasteiger partial charge on any atom is -0.388 e. The summed E-state index contributed by atoms with van der Waals surface area (Å²) in [5.74, 6) is -3.17. The van der Waals surface area contributed by atoms with Crippen LogP contribution in [-0.2, 0) is 0 Å². The summed E-state index contributed by atoms with van der Waals surface area (Å²) >= 11 is 0. The minimum absolute atomic E-state index is 0.191. The molecule has 1 aromatic rings. The lowest BCUT2D eigenvalue weighted by atomic mass is 9.81. The van der Waals surface area contributed by atoms with E-state index in [4.69, 9.17) is 0 Å². The van der Waals surface area contributed by atoms with Gasteiger partial charge in [-0.15, -0.1) is 0 Å². The predicted octanol–water partition coefficient (Wildman–Crippen LogP) is 3.99. The van der Waals surface area contributed by atoms with Crippen molar-refractivity contribution < 1.29 is 18.3 Å². The molecule has 18 heavy (non-hydrogen) atoms. The van der Waals surface area contributed by atoms with Crippen LogP contribution in [0.5, 0.6) is 0 Å². The maximum Gasteiger partial charge on any atom is 0.248 e. The van der Waals surface area contributed by atoms with E-state index >= 15 is 0 Å². The first-order valence-corrected chi connectivity index (χ1v) is 6.21. The SMILES string of the molecule is Cc1ccc(C(O)C2CCC(F)(F)CC2)cc1F. The summed E-state index contributed by atoms with van der Waals surface area (Å²) < 4.78 is 39.4. The monoisotopic (exact) mass is 258 g/mol. The van der Waals surface area contributed by atoms with Gasteiger partial charge in [0.15, 0.2) is 0 Å². The highest BCUT2D eigenvalue weighted by molar-refractivity contribution is 5.25. The Labute approximate surface area is 105 Å². The zero-order valence-corrected chi connectivity index (χ0v) is 10.3. The molecule has 0 radical (unpaired) electrons. The van der Waals surface area contributed by atoms with Crippen LogP contribution >= 0.6 is 0 Å². The average molecular weight is 258 g/mol. The summed E-state index contributed by atoms with van der Waals surface area (Å²) in [6, 6.07) is 4.56. The second kappa shape index (κ2) is 4.92. The fourth-order valence-corrected chi connectivity index (χ4v) is 2.44. The first-order valence-electron chi connectivity index (χ1n) is 6.21. The third-order valence-corrected chi connectivity index (χ3v) is 3.75. The Hall–Kier alpha value is -1.03. The zero-order chi connectivity index (χ0) is 13.3. The van der Waals surface area contributed by atoms with Crippen LogP contribution in [-0.4, -0.2) is 11.0 Å². The van der Waals surface area contributed by atoms with Crippen LogP contribution in [0.15, 0.2) is 18.2 Å². The maximum absolute atomic E-state index is 13.4. The molecule has 1 atom stereocenters. The molecule has 1 aliphatic rings. The Morgan fingerprint density at radius 1 is 1.28 bits per heavy atom. The molecule has 0 amide bonds. The molecule has 0 saturated heterocycles. The van der Waals surface area contributed by atoms with Crippen molar-refractivity contribution in [2.75, 3.05) is 0 Å². The van der Waals surface area contributed by atoms with E-state index in [0.717, 1.165) is 0 Å². The standard InChI is InChI=1S/C14H17F3O/c1-9-2-3-11(8-12(9)15)13(18)10-4-6-14(16,17)7-5-10/h2-3,8,10,13,18H,4-7H2,1H3. The molecule has 0 aromatic heterocycles.